The lowest BCUT2D eigenvalue weighted by Crippen LogP contribution is -2.47. The van der Waals surface area contributed by atoms with E-state index < -0.39 is 0 Å². The largest absolute Gasteiger partial charge is 0.332 e. The minimum atomic E-state index is 0.200. The second-order valence-corrected chi connectivity index (χ2v) is 7.81. The zero-order chi connectivity index (χ0) is 16.5. The smallest absolute Gasteiger partial charge is 0.255 e. The minimum Gasteiger partial charge on any atom is -0.332 e. The molecule has 1 aromatic carbocycles. The molecule has 0 saturated carbocycles. The Hall–Kier alpha value is -1.82. The average molecular weight is 342 g/mol. The van der Waals surface area contributed by atoms with E-state index in [1.807, 2.05) is 23.0 Å². The Kier molecular flexibility index (Phi) is 4.31. The number of piperidine rings is 1. The van der Waals surface area contributed by atoms with Crippen LogP contribution in [0.4, 0.5) is 0 Å². The molecule has 0 N–H and O–H groups in total. The highest BCUT2D eigenvalue weighted by atomic mass is 32.2. The van der Waals surface area contributed by atoms with Crippen LogP contribution in [0.15, 0.2) is 41.6 Å². The second kappa shape index (κ2) is 6.59. The molecule has 2 bridgehead atoms. The molecule has 4 rings (SSSR count). The van der Waals surface area contributed by atoms with E-state index in [0.717, 1.165) is 41.9 Å². The van der Waals surface area contributed by atoms with Crippen LogP contribution in [0.2, 0.25) is 0 Å². The molecule has 6 heteroatoms. The van der Waals surface area contributed by atoms with Gasteiger partial charge in [-0.15, -0.1) is 11.8 Å². The van der Waals surface area contributed by atoms with E-state index in [0.29, 0.717) is 18.1 Å². The Balaban J connectivity index is 1.57. The van der Waals surface area contributed by atoms with Crippen LogP contribution in [-0.2, 0) is 0 Å². The first-order chi connectivity index (χ1) is 11.8. The maximum Gasteiger partial charge on any atom is 0.255 e. The maximum atomic E-state index is 13.2. The summed E-state index contributed by atoms with van der Waals surface area (Å²) in [7, 11) is 0. The van der Waals surface area contributed by atoms with Crippen molar-refractivity contribution in [1.29, 1.82) is 0 Å². The van der Waals surface area contributed by atoms with Crippen molar-refractivity contribution in [3.8, 4) is 0 Å². The Morgan fingerprint density at radius 1 is 1.12 bits per heavy atom. The molecular formula is C18H22N4OS. The molecule has 2 fully saturated rings. The first-order valence-electron chi connectivity index (χ1n) is 8.68. The molecule has 2 aromatic rings. The third kappa shape index (κ3) is 2.73. The first-order valence-corrected chi connectivity index (χ1v) is 9.66. The number of benzene rings is 1. The number of hydrogen-bond acceptors (Lipinski definition) is 4. The Bertz CT molecular complexity index is 704. The quantitative estimate of drug-likeness (QED) is 0.799. The molecule has 2 aliphatic heterocycles. The number of rotatable bonds is 4. The number of thioether (sulfide) groups is 1. The van der Waals surface area contributed by atoms with Gasteiger partial charge < -0.3 is 4.90 Å². The van der Waals surface area contributed by atoms with Crippen molar-refractivity contribution in [2.45, 2.75) is 55.6 Å². The summed E-state index contributed by atoms with van der Waals surface area (Å²) < 4.78 is 0. The van der Waals surface area contributed by atoms with Gasteiger partial charge in [0.25, 0.3) is 5.91 Å². The SMILES string of the molecule is CCSc1ccccc1C(=O)N1C2CCC1CC(n1nccn1)C2. The average Bonchev–Trinajstić information content (AvgIpc) is 3.22. The van der Waals surface area contributed by atoms with Crippen LogP contribution in [0.5, 0.6) is 0 Å². The van der Waals surface area contributed by atoms with Crippen molar-refractivity contribution in [3.63, 3.8) is 0 Å². The van der Waals surface area contributed by atoms with Gasteiger partial charge in [-0.2, -0.15) is 15.0 Å². The summed E-state index contributed by atoms with van der Waals surface area (Å²) in [5, 5.41) is 8.60. The van der Waals surface area contributed by atoms with Crippen LogP contribution in [0.3, 0.4) is 0 Å². The van der Waals surface area contributed by atoms with E-state index >= 15 is 0 Å². The van der Waals surface area contributed by atoms with Gasteiger partial charge in [0.05, 0.1) is 24.0 Å². The monoisotopic (exact) mass is 342 g/mol. The normalized spacial score (nSPS) is 25.9. The molecule has 5 nitrogen and oxygen atoms in total. The van der Waals surface area contributed by atoms with E-state index in [1.54, 1.807) is 24.2 Å². The second-order valence-electron chi connectivity index (χ2n) is 6.50. The number of amides is 1. The molecule has 2 atom stereocenters. The third-order valence-electron chi connectivity index (χ3n) is 5.12. The van der Waals surface area contributed by atoms with Crippen molar-refractivity contribution in [2.24, 2.45) is 0 Å². The van der Waals surface area contributed by atoms with Crippen LogP contribution in [0.25, 0.3) is 0 Å². The van der Waals surface area contributed by atoms with E-state index in [1.165, 1.54) is 0 Å². The van der Waals surface area contributed by atoms with Gasteiger partial charge in [-0.25, -0.2) is 0 Å². The fourth-order valence-electron chi connectivity index (χ4n) is 4.15. The predicted octanol–water partition coefficient (Wildman–Crippen LogP) is 3.40. The zero-order valence-electron chi connectivity index (χ0n) is 13.8. The molecule has 0 spiro atoms. The van der Waals surface area contributed by atoms with Gasteiger partial charge in [0.2, 0.25) is 0 Å². The molecule has 1 aromatic heterocycles. The number of hydrogen-bond donors (Lipinski definition) is 0. The fraction of sp³-hybridized carbons (Fsp3) is 0.500. The molecule has 0 aliphatic carbocycles. The minimum absolute atomic E-state index is 0.200. The Morgan fingerprint density at radius 3 is 2.46 bits per heavy atom. The predicted molar refractivity (Wildman–Crippen MR) is 94.1 cm³/mol. The van der Waals surface area contributed by atoms with Crippen LogP contribution in [0, 0.1) is 0 Å². The molecule has 2 aliphatic rings. The highest BCUT2D eigenvalue weighted by Crippen LogP contribution is 2.41. The summed E-state index contributed by atoms with van der Waals surface area (Å²) in [6, 6.07) is 8.96. The summed E-state index contributed by atoms with van der Waals surface area (Å²) in [5.41, 5.74) is 0.858. The zero-order valence-corrected chi connectivity index (χ0v) is 14.7. The van der Waals surface area contributed by atoms with Gasteiger partial charge >= 0.3 is 0 Å². The van der Waals surface area contributed by atoms with Crippen LogP contribution in [-0.4, -0.2) is 43.6 Å². The molecule has 2 saturated heterocycles. The van der Waals surface area contributed by atoms with Crippen molar-refractivity contribution in [2.75, 3.05) is 5.75 Å². The number of nitrogens with zero attached hydrogens (tertiary/aromatic N) is 4. The topological polar surface area (TPSA) is 51.0 Å². The highest BCUT2D eigenvalue weighted by Gasteiger charge is 2.44. The van der Waals surface area contributed by atoms with Crippen molar-refractivity contribution in [1.82, 2.24) is 19.9 Å². The first kappa shape index (κ1) is 15.7. The standard InChI is InChI=1S/C18H22N4OS/c1-2-24-17-6-4-3-5-16(17)18(23)21-13-7-8-14(21)12-15(11-13)22-19-9-10-20-22/h3-6,9-10,13-15H,2,7-8,11-12H2,1H3. The summed E-state index contributed by atoms with van der Waals surface area (Å²) in [5.74, 6) is 1.18. The number of aromatic nitrogens is 3. The summed E-state index contributed by atoms with van der Waals surface area (Å²) in [4.78, 5) is 18.3. The molecule has 0 radical (unpaired) electrons. The van der Waals surface area contributed by atoms with Gasteiger partial charge in [0, 0.05) is 17.0 Å². The summed E-state index contributed by atoms with van der Waals surface area (Å²) >= 11 is 1.74. The molecule has 2 unspecified atom stereocenters. The van der Waals surface area contributed by atoms with Crippen LogP contribution in [0.1, 0.15) is 49.0 Å². The lowest BCUT2D eigenvalue weighted by atomic mass is 9.96. The summed E-state index contributed by atoms with van der Waals surface area (Å²) in [6.45, 7) is 2.12. The van der Waals surface area contributed by atoms with Crippen molar-refractivity contribution in [3.05, 3.63) is 42.2 Å². The third-order valence-corrected chi connectivity index (χ3v) is 6.08. The van der Waals surface area contributed by atoms with Gasteiger partial charge in [0.15, 0.2) is 0 Å². The number of fused-ring (bicyclic) bond motifs is 2. The number of carbonyl (C=O) groups is 1. The lowest BCUT2D eigenvalue weighted by molar-refractivity contribution is 0.0508. The molecule has 126 valence electrons. The van der Waals surface area contributed by atoms with Gasteiger partial charge in [-0.3, -0.25) is 4.79 Å². The van der Waals surface area contributed by atoms with E-state index in [9.17, 15) is 4.79 Å². The van der Waals surface area contributed by atoms with Crippen molar-refractivity contribution >= 4 is 17.7 Å². The number of carbonyl (C=O) groups excluding carboxylic acids is 1. The molecule has 24 heavy (non-hydrogen) atoms. The molecule has 3 heterocycles. The van der Waals surface area contributed by atoms with Crippen LogP contribution >= 0.6 is 11.8 Å². The Labute approximate surface area is 146 Å². The molecular weight excluding hydrogens is 320 g/mol. The summed E-state index contributed by atoms with van der Waals surface area (Å²) in [6.07, 6.45) is 7.57. The van der Waals surface area contributed by atoms with Crippen molar-refractivity contribution < 1.29 is 4.79 Å². The van der Waals surface area contributed by atoms with Gasteiger partial charge in [-0.1, -0.05) is 19.1 Å². The van der Waals surface area contributed by atoms with E-state index in [-0.39, 0.29) is 5.91 Å². The van der Waals surface area contributed by atoms with Gasteiger partial charge in [0.1, 0.15) is 0 Å². The lowest BCUT2D eigenvalue weighted by Gasteiger charge is -2.38. The highest BCUT2D eigenvalue weighted by molar-refractivity contribution is 7.99. The van der Waals surface area contributed by atoms with Gasteiger partial charge in [-0.05, 0) is 43.6 Å². The van der Waals surface area contributed by atoms with Crippen LogP contribution < -0.4 is 0 Å². The van der Waals surface area contributed by atoms with E-state index in [2.05, 4.69) is 28.1 Å². The fourth-order valence-corrected chi connectivity index (χ4v) is 4.94. The Morgan fingerprint density at radius 2 is 1.79 bits per heavy atom. The van der Waals surface area contributed by atoms with E-state index in [4.69, 9.17) is 0 Å². The maximum absolute atomic E-state index is 13.2. The molecule has 1 amide bonds.